The molecule has 1 unspecified atom stereocenters. The van der Waals surface area contributed by atoms with Crippen molar-refractivity contribution in [2.45, 2.75) is 64.8 Å². The average molecular weight is 431 g/mol. The molecule has 3 rings (SSSR count). The van der Waals surface area contributed by atoms with Crippen LogP contribution in [0, 0.1) is 0 Å². The molecule has 2 aromatic rings. The number of rotatable bonds is 9. The van der Waals surface area contributed by atoms with Crippen LogP contribution in [-0.4, -0.2) is 40.3 Å². The van der Waals surface area contributed by atoms with Crippen molar-refractivity contribution < 1.29 is 14.3 Å². The fourth-order valence-corrected chi connectivity index (χ4v) is 4.88. The lowest BCUT2D eigenvalue weighted by Gasteiger charge is -2.23. The Bertz CT molecular complexity index is 888. The predicted octanol–water partition coefficient (Wildman–Crippen LogP) is 4.87. The minimum atomic E-state index is -0.387. The first-order chi connectivity index (χ1) is 14.5. The molecule has 2 aromatic heterocycles. The third-order valence-electron chi connectivity index (χ3n) is 5.48. The van der Waals surface area contributed by atoms with Crippen molar-refractivity contribution >= 4 is 34.5 Å². The van der Waals surface area contributed by atoms with Crippen molar-refractivity contribution in [3.05, 3.63) is 34.6 Å². The molecule has 0 saturated heterocycles. The lowest BCUT2D eigenvalue weighted by molar-refractivity contribution is -0.118. The maximum absolute atomic E-state index is 12.8. The fraction of sp³-hybridized carbons (Fsp3) is 0.545. The fourth-order valence-electron chi connectivity index (χ4n) is 3.73. The number of amides is 1. The number of anilines is 1. The van der Waals surface area contributed by atoms with E-state index >= 15 is 0 Å². The molecular formula is C22H30N4O3S. The van der Waals surface area contributed by atoms with Crippen molar-refractivity contribution in [3.8, 4) is 0 Å². The number of ether oxygens (including phenoxy) is 1. The number of aromatic nitrogens is 3. The normalized spacial score (nSPS) is 14.8. The maximum Gasteiger partial charge on any atom is 0.350 e. The van der Waals surface area contributed by atoms with E-state index in [1.54, 1.807) is 11.2 Å². The molecule has 0 saturated carbocycles. The Kier molecular flexibility index (Phi) is 7.79. The minimum absolute atomic E-state index is 0.00976. The molecule has 0 aromatic carbocycles. The summed E-state index contributed by atoms with van der Waals surface area (Å²) in [5, 5.41) is 4.19. The highest BCUT2D eigenvalue weighted by Gasteiger charge is 2.26. The molecule has 0 aliphatic heterocycles. The molecule has 0 radical (unpaired) electrons. The van der Waals surface area contributed by atoms with Gasteiger partial charge in [0.1, 0.15) is 17.5 Å². The van der Waals surface area contributed by atoms with Gasteiger partial charge in [0, 0.05) is 17.8 Å². The molecule has 8 heteroatoms. The molecule has 1 amide bonds. The van der Waals surface area contributed by atoms with Crippen molar-refractivity contribution in [1.82, 2.24) is 14.8 Å². The molecule has 7 nitrogen and oxygen atoms in total. The van der Waals surface area contributed by atoms with Crippen LogP contribution in [0.1, 0.15) is 79.4 Å². The Hall–Kier alpha value is -2.48. The van der Waals surface area contributed by atoms with E-state index in [0.717, 1.165) is 37.0 Å². The van der Waals surface area contributed by atoms with Crippen LogP contribution in [0.4, 0.5) is 5.69 Å². The highest BCUT2D eigenvalue weighted by Crippen LogP contribution is 2.38. The van der Waals surface area contributed by atoms with E-state index in [4.69, 9.17) is 4.74 Å². The van der Waals surface area contributed by atoms with Crippen LogP contribution in [0.3, 0.4) is 0 Å². The summed E-state index contributed by atoms with van der Waals surface area (Å²) in [6, 6.07) is 2.19. The van der Waals surface area contributed by atoms with Crippen LogP contribution < -0.4 is 4.90 Å². The molecule has 1 atom stereocenters. The van der Waals surface area contributed by atoms with Crippen LogP contribution in [0.2, 0.25) is 0 Å². The van der Waals surface area contributed by atoms with E-state index in [9.17, 15) is 9.59 Å². The zero-order valence-corrected chi connectivity index (χ0v) is 18.8. The molecule has 0 bridgehead atoms. The van der Waals surface area contributed by atoms with Crippen molar-refractivity contribution in [3.63, 3.8) is 0 Å². The van der Waals surface area contributed by atoms with Crippen molar-refractivity contribution in [1.29, 1.82) is 0 Å². The van der Waals surface area contributed by atoms with Gasteiger partial charge in [-0.25, -0.2) is 9.78 Å². The first-order valence-electron chi connectivity index (χ1n) is 10.6. The Morgan fingerprint density at radius 2 is 2.20 bits per heavy atom. The number of nitrogens with zero attached hydrogens (tertiary/aromatic N) is 4. The van der Waals surface area contributed by atoms with E-state index in [0.29, 0.717) is 23.5 Å². The number of methoxy groups -OCH3 is 1. The molecular weight excluding hydrogens is 400 g/mol. The zero-order valence-electron chi connectivity index (χ0n) is 18.0. The van der Waals surface area contributed by atoms with Gasteiger partial charge in [-0.05, 0) is 57.1 Å². The number of carbonyl (C=O) groups is 2. The number of thiophene rings is 1. The summed E-state index contributed by atoms with van der Waals surface area (Å²) in [4.78, 5) is 32.6. The summed E-state index contributed by atoms with van der Waals surface area (Å²) < 4.78 is 6.85. The Balaban J connectivity index is 1.82. The first-order valence-corrected chi connectivity index (χ1v) is 11.4. The van der Waals surface area contributed by atoms with Gasteiger partial charge in [0.25, 0.3) is 0 Å². The van der Waals surface area contributed by atoms with Gasteiger partial charge in [-0.3, -0.25) is 9.48 Å². The molecule has 0 spiro atoms. The minimum Gasteiger partial charge on any atom is -0.465 e. The standard InChI is InChI=1S/C22H30N4O3S/c1-4-20(27)25(12-8-9-16(2)26-15-23-14-24-26)18-13-19(17-10-6-5-7-11-17)30-21(18)22(28)29-3/h10,13-16H,4-9,11-12H2,1-3H3. The SMILES string of the molecule is CCC(=O)N(CCCC(C)n1cncn1)c1cc(C2=CCCCC2)sc1C(=O)OC. The molecule has 1 aliphatic rings. The summed E-state index contributed by atoms with van der Waals surface area (Å²) >= 11 is 1.43. The number of allylic oxidation sites excluding steroid dienone is 2. The Morgan fingerprint density at radius 1 is 1.37 bits per heavy atom. The van der Waals surface area contributed by atoms with Crippen LogP contribution in [-0.2, 0) is 9.53 Å². The monoisotopic (exact) mass is 430 g/mol. The third kappa shape index (κ3) is 5.16. The van der Waals surface area contributed by atoms with Gasteiger partial charge in [0.05, 0.1) is 18.8 Å². The second kappa shape index (κ2) is 10.5. The van der Waals surface area contributed by atoms with Crippen molar-refractivity contribution in [2.24, 2.45) is 0 Å². The summed E-state index contributed by atoms with van der Waals surface area (Å²) in [7, 11) is 1.39. The summed E-state index contributed by atoms with van der Waals surface area (Å²) in [5.41, 5.74) is 1.94. The Labute approximate surface area is 181 Å². The van der Waals surface area contributed by atoms with Gasteiger partial charge < -0.3 is 9.64 Å². The molecule has 0 fully saturated rings. The predicted molar refractivity (Wildman–Crippen MR) is 119 cm³/mol. The van der Waals surface area contributed by atoms with Crippen LogP contribution in [0.5, 0.6) is 0 Å². The van der Waals surface area contributed by atoms with E-state index in [-0.39, 0.29) is 17.9 Å². The summed E-state index contributed by atoms with van der Waals surface area (Å²) in [5.74, 6) is -0.377. The van der Waals surface area contributed by atoms with Gasteiger partial charge in [0.2, 0.25) is 5.91 Å². The van der Waals surface area contributed by atoms with Crippen LogP contribution in [0.25, 0.3) is 5.57 Å². The number of hydrogen-bond acceptors (Lipinski definition) is 6. The van der Waals surface area contributed by atoms with Gasteiger partial charge in [-0.1, -0.05) is 13.0 Å². The van der Waals surface area contributed by atoms with E-state index < -0.39 is 0 Å². The summed E-state index contributed by atoms with van der Waals surface area (Å²) in [6.45, 7) is 4.48. The largest absolute Gasteiger partial charge is 0.465 e. The second-order valence-electron chi connectivity index (χ2n) is 7.56. The highest BCUT2D eigenvalue weighted by molar-refractivity contribution is 7.15. The zero-order chi connectivity index (χ0) is 21.5. The van der Waals surface area contributed by atoms with Gasteiger partial charge in [-0.15, -0.1) is 11.3 Å². The van der Waals surface area contributed by atoms with Gasteiger partial charge in [0.15, 0.2) is 0 Å². The summed E-state index contributed by atoms with van der Waals surface area (Å²) in [6.07, 6.45) is 12.0. The molecule has 162 valence electrons. The van der Waals surface area contributed by atoms with E-state index in [1.807, 2.05) is 17.7 Å². The van der Waals surface area contributed by atoms with Crippen molar-refractivity contribution in [2.75, 3.05) is 18.6 Å². The molecule has 1 aliphatic carbocycles. The topological polar surface area (TPSA) is 77.3 Å². The van der Waals surface area contributed by atoms with E-state index in [2.05, 4.69) is 23.1 Å². The lowest BCUT2D eigenvalue weighted by Crippen LogP contribution is -2.32. The second-order valence-corrected chi connectivity index (χ2v) is 8.61. The highest BCUT2D eigenvalue weighted by atomic mass is 32.1. The third-order valence-corrected chi connectivity index (χ3v) is 6.66. The molecule has 30 heavy (non-hydrogen) atoms. The maximum atomic E-state index is 12.8. The lowest BCUT2D eigenvalue weighted by atomic mass is 9.98. The first kappa shape index (κ1) is 22.2. The molecule has 2 heterocycles. The average Bonchev–Trinajstić information content (AvgIpc) is 3.47. The Morgan fingerprint density at radius 3 is 2.83 bits per heavy atom. The smallest absolute Gasteiger partial charge is 0.350 e. The number of hydrogen-bond donors (Lipinski definition) is 0. The quantitative estimate of drug-likeness (QED) is 0.531. The van der Waals surface area contributed by atoms with Gasteiger partial charge in [-0.2, -0.15) is 5.10 Å². The number of carbonyl (C=O) groups excluding carboxylic acids is 2. The number of esters is 1. The van der Waals surface area contributed by atoms with Crippen LogP contribution >= 0.6 is 11.3 Å². The molecule has 0 N–H and O–H groups in total. The van der Waals surface area contributed by atoms with E-state index in [1.165, 1.54) is 36.8 Å². The van der Waals surface area contributed by atoms with Gasteiger partial charge >= 0.3 is 5.97 Å². The van der Waals surface area contributed by atoms with Crippen LogP contribution in [0.15, 0.2) is 24.8 Å².